The van der Waals surface area contributed by atoms with Crippen molar-refractivity contribution in [2.24, 2.45) is 5.10 Å². The molecule has 0 bridgehead atoms. The first-order valence-electron chi connectivity index (χ1n) is 3.81. The molecule has 0 unspecified atom stereocenters. The second kappa shape index (κ2) is 6.44. The average molecular weight is 403 g/mol. The maximum atomic E-state index is 9.54. The van der Waals surface area contributed by atoms with Crippen LogP contribution in [0.4, 0.5) is 0 Å². The van der Waals surface area contributed by atoms with Crippen LogP contribution in [0.25, 0.3) is 0 Å². The van der Waals surface area contributed by atoms with Gasteiger partial charge in [-0.05, 0) is 28.1 Å². The van der Waals surface area contributed by atoms with Crippen molar-refractivity contribution in [3.05, 3.63) is 22.2 Å². The van der Waals surface area contributed by atoms with Crippen molar-refractivity contribution in [1.29, 1.82) is 0 Å². The summed E-state index contributed by atoms with van der Waals surface area (Å²) in [4.78, 5) is 2.71. The molecule has 1 aromatic rings. The van der Waals surface area contributed by atoms with E-state index in [0.717, 1.165) is 10.0 Å². The highest BCUT2D eigenvalue weighted by Crippen LogP contribution is 2.31. The molecular formula is C8H8BrIN2O2S. The first-order valence-corrected chi connectivity index (χ1v) is 7.96. The molecule has 0 amide bonds. The molecule has 0 aromatic heterocycles. The Kier molecular flexibility index (Phi) is 5.54. The predicted octanol–water partition coefficient (Wildman–Crippen LogP) is 3.09. The molecule has 0 aliphatic carbocycles. The number of halogens is 2. The lowest BCUT2D eigenvalue weighted by molar-refractivity contribution is 0.373. The summed E-state index contributed by atoms with van der Waals surface area (Å²) in [6.45, 7) is 0. The van der Waals surface area contributed by atoms with Gasteiger partial charge in [-0.2, -0.15) is 5.10 Å². The van der Waals surface area contributed by atoms with Crippen LogP contribution in [-0.4, -0.2) is 18.4 Å². The minimum absolute atomic E-state index is 0.0873. The molecule has 0 saturated heterocycles. The summed E-state index contributed by atoms with van der Waals surface area (Å²) in [5.74, 6) is 0.513. The van der Waals surface area contributed by atoms with Crippen molar-refractivity contribution in [1.82, 2.24) is 4.83 Å². The lowest BCUT2D eigenvalue weighted by atomic mass is 10.2. The average Bonchev–Trinajstić information content (AvgIpc) is 2.23. The lowest BCUT2D eigenvalue weighted by Crippen LogP contribution is -1.92. The number of methoxy groups -OCH3 is 1. The minimum atomic E-state index is 0.0873. The van der Waals surface area contributed by atoms with Gasteiger partial charge in [0.05, 0.1) is 13.3 Å². The summed E-state index contributed by atoms with van der Waals surface area (Å²) < 4.78 is 5.77. The number of nitrogens with zero attached hydrogens (tertiary/aromatic N) is 1. The van der Waals surface area contributed by atoms with Crippen LogP contribution in [-0.2, 0) is 0 Å². The number of nitrogens with one attached hydrogen (secondary N) is 1. The van der Waals surface area contributed by atoms with Crippen molar-refractivity contribution < 1.29 is 9.84 Å². The first kappa shape index (κ1) is 12.9. The maximum Gasteiger partial charge on any atom is 0.161 e. The highest BCUT2D eigenvalue weighted by atomic mass is 127. The second-order valence-electron chi connectivity index (χ2n) is 2.47. The molecule has 82 valence electrons. The topological polar surface area (TPSA) is 53.8 Å². The van der Waals surface area contributed by atoms with E-state index in [4.69, 9.17) is 4.74 Å². The van der Waals surface area contributed by atoms with E-state index in [9.17, 15) is 5.11 Å². The Morgan fingerprint density at radius 3 is 3.00 bits per heavy atom. The Bertz CT molecular complexity index is 376. The Balaban J connectivity index is 2.95. The molecule has 2 N–H and O–H groups in total. The first-order chi connectivity index (χ1) is 7.19. The van der Waals surface area contributed by atoms with Crippen molar-refractivity contribution >= 4 is 52.5 Å². The summed E-state index contributed by atoms with van der Waals surface area (Å²) in [5.41, 5.74) is 0.770. The van der Waals surface area contributed by atoms with E-state index in [0.29, 0.717) is 5.75 Å². The Morgan fingerprint density at radius 2 is 2.40 bits per heavy atom. The Morgan fingerprint density at radius 1 is 1.67 bits per heavy atom. The number of aromatic hydroxyl groups is 1. The molecule has 0 heterocycles. The molecule has 0 aliphatic rings. The van der Waals surface area contributed by atoms with Gasteiger partial charge in [-0.15, -0.1) is 0 Å². The molecule has 4 nitrogen and oxygen atoms in total. The van der Waals surface area contributed by atoms with Gasteiger partial charge in [0.25, 0.3) is 0 Å². The summed E-state index contributed by atoms with van der Waals surface area (Å²) in [6, 6.07) is 3.26. The van der Waals surface area contributed by atoms with Crippen LogP contribution in [0.1, 0.15) is 5.56 Å². The highest BCUT2D eigenvalue weighted by molar-refractivity contribution is 14.2. The smallest absolute Gasteiger partial charge is 0.161 e. The van der Waals surface area contributed by atoms with Gasteiger partial charge >= 0.3 is 0 Å². The van der Waals surface area contributed by atoms with Crippen LogP contribution < -0.4 is 9.57 Å². The molecule has 0 atom stereocenters. The maximum absolute atomic E-state index is 9.54. The van der Waals surface area contributed by atoms with Gasteiger partial charge in [-0.25, -0.2) is 4.83 Å². The minimum Gasteiger partial charge on any atom is -0.504 e. The van der Waals surface area contributed by atoms with Crippen LogP contribution in [0, 0.1) is 0 Å². The Labute approximate surface area is 112 Å². The van der Waals surface area contributed by atoms with Crippen molar-refractivity contribution in [2.75, 3.05) is 7.11 Å². The number of benzene rings is 1. The van der Waals surface area contributed by atoms with Gasteiger partial charge in [0.2, 0.25) is 0 Å². The van der Waals surface area contributed by atoms with Crippen molar-refractivity contribution in [3.63, 3.8) is 0 Å². The highest BCUT2D eigenvalue weighted by Gasteiger charge is 2.06. The number of rotatable bonds is 4. The number of hydrazone groups is 1. The number of hydrogen-bond donors (Lipinski definition) is 2. The van der Waals surface area contributed by atoms with E-state index in [1.807, 2.05) is 0 Å². The second-order valence-corrected chi connectivity index (χ2v) is 4.98. The molecule has 0 radical (unpaired) electrons. The van der Waals surface area contributed by atoms with Crippen molar-refractivity contribution in [2.45, 2.75) is 0 Å². The van der Waals surface area contributed by atoms with E-state index in [2.05, 4.69) is 47.1 Å². The predicted molar refractivity (Wildman–Crippen MR) is 74.7 cm³/mol. The molecule has 1 rings (SSSR count). The van der Waals surface area contributed by atoms with Crippen LogP contribution in [0.5, 0.6) is 11.5 Å². The van der Waals surface area contributed by atoms with E-state index >= 15 is 0 Å². The summed E-state index contributed by atoms with van der Waals surface area (Å²) in [5, 5.41) is 13.5. The van der Waals surface area contributed by atoms with Crippen LogP contribution in [0.15, 0.2) is 21.7 Å². The van der Waals surface area contributed by atoms with Gasteiger partial charge < -0.3 is 9.84 Å². The molecule has 0 fully saturated rings. The van der Waals surface area contributed by atoms with Crippen molar-refractivity contribution in [3.8, 4) is 11.5 Å². The van der Waals surface area contributed by atoms with E-state index in [1.54, 1.807) is 18.3 Å². The van der Waals surface area contributed by atoms with Gasteiger partial charge in [-0.1, -0.05) is 0 Å². The Hall–Kier alpha value is -0.150. The number of hydrogen-bond acceptors (Lipinski definition) is 5. The zero-order valence-electron chi connectivity index (χ0n) is 7.70. The van der Waals surface area contributed by atoms with Gasteiger partial charge in [0.1, 0.15) is 0 Å². The largest absolute Gasteiger partial charge is 0.504 e. The standard InChI is InChI=1S/C8H8BrIN2O2S/c1-14-8-3-6(9)5(2-7(8)13)4-11-12-15-10/h2-4,12-13H,1H3/b11-4+. The van der Waals surface area contributed by atoms with E-state index in [-0.39, 0.29) is 5.75 Å². The van der Waals surface area contributed by atoms with Crippen LogP contribution >= 0.6 is 46.3 Å². The fourth-order valence-electron chi connectivity index (χ4n) is 0.938. The molecule has 0 aliphatic heterocycles. The molecule has 0 spiro atoms. The van der Waals surface area contributed by atoms with E-state index < -0.39 is 0 Å². The fourth-order valence-corrected chi connectivity index (χ4v) is 1.80. The molecule has 7 heteroatoms. The van der Waals surface area contributed by atoms with Crippen LogP contribution in [0.3, 0.4) is 0 Å². The van der Waals surface area contributed by atoms with Gasteiger partial charge in [0.15, 0.2) is 11.5 Å². The SMILES string of the molecule is COc1cc(Br)c(/C=N/NSI)cc1O. The molecule has 1 aromatic carbocycles. The summed E-state index contributed by atoms with van der Waals surface area (Å²) in [7, 11) is 2.86. The lowest BCUT2D eigenvalue weighted by Gasteiger charge is -2.05. The van der Waals surface area contributed by atoms with E-state index in [1.165, 1.54) is 16.2 Å². The monoisotopic (exact) mass is 402 g/mol. The molecule has 0 saturated carbocycles. The third kappa shape index (κ3) is 3.72. The summed E-state index contributed by atoms with van der Waals surface area (Å²) in [6.07, 6.45) is 1.61. The molecule has 15 heavy (non-hydrogen) atoms. The van der Waals surface area contributed by atoms with Crippen LogP contribution in [0.2, 0.25) is 0 Å². The third-order valence-corrected chi connectivity index (χ3v) is 3.04. The zero-order chi connectivity index (χ0) is 11.3. The number of ether oxygens (including phenoxy) is 1. The van der Waals surface area contributed by atoms with Gasteiger partial charge in [0, 0.05) is 40.4 Å². The number of phenols is 1. The molecular weight excluding hydrogens is 395 g/mol. The zero-order valence-corrected chi connectivity index (χ0v) is 12.3. The fraction of sp³-hybridized carbons (Fsp3) is 0.125. The quantitative estimate of drug-likeness (QED) is 0.351. The van der Waals surface area contributed by atoms with Gasteiger partial charge in [-0.3, -0.25) is 0 Å². The number of phenolic OH excluding ortho intramolecular Hbond substituents is 1. The third-order valence-electron chi connectivity index (χ3n) is 1.59. The summed E-state index contributed by atoms with van der Waals surface area (Å²) >= 11 is 5.42. The normalized spacial score (nSPS) is 10.6.